The minimum Gasteiger partial charge on any atom is -0.303 e. The van der Waals surface area contributed by atoms with Crippen molar-refractivity contribution < 1.29 is 4.79 Å². The molecule has 0 heterocycles. The fraction of sp³-hybridized carbons (Fsp3) is 0.450. The molecule has 0 radical (unpaired) electrons. The summed E-state index contributed by atoms with van der Waals surface area (Å²) in [6.45, 7) is 10.9. The van der Waals surface area contributed by atoms with Crippen LogP contribution in [-0.2, 0) is 4.79 Å². The molecule has 1 aliphatic rings. The Bertz CT molecular complexity index is 522. The number of hydrogen-bond donors (Lipinski definition) is 0. The molecule has 21 heavy (non-hydrogen) atoms. The zero-order chi connectivity index (χ0) is 15.9. The normalized spacial score (nSPS) is 21.8. The van der Waals surface area contributed by atoms with Crippen molar-refractivity contribution >= 4 is 6.29 Å². The summed E-state index contributed by atoms with van der Waals surface area (Å²) in [5.41, 5.74) is 5.40. The van der Waals surface area contributed by atoms with Crippen molar-refractivity contribution in [3.05, 3.63) is 58.7 Å². The Labute approximate surface area is 129 Å². The van der Waals surface area contributed by atoms with E-state index in [-0.39, 0.29) is 5.41 Å². The summed E-state index contributed by atoms with van der Waals surface area (Å²) in [7, 11) is 0. The van der Waals surface area contributed by atoms with Crippen LogP contribution in [-0.4, -0.2) is 6.29 Å². The predicted octanol–water partition coefficient (Wildman–Crippen LogP) is 5.72. The molecule has 0 saturated carbocycles. The Morgan fingerprint density at radius 3 is 2.62 bits per heavy atom. The quantitative estimate of drug-likeness (QED) is 0.466. The van der Waals surface area contributed by atoms with Gasteiger partial charge in [-0.25, -0.2) is 0 Å². The van der Waals surface area contributed by atoms with Crippen molar-refractivity contribution in [2.75, 3.05) is 0 Å². The molecular formula is C20H28O. The van der Waals surface area contributed by atoms with Gasteiger partial charge in [0.1, 0.15) is 6.29 Å². The lowest BCUT2D eigenvalue weighted by atomic mass is 9.73. The fourth-order valence-corrected chi connectivity index (χ4v) is 2.62. The van der Waals surface area contributed by atoms with Crippen LogP contribution in [0.25, 0.3) is 0 Å². The van der Waals surface area contributed by atoms with Crippen molar-refractivity contribution in [1.82, 2.24) is 0 Å². The van der Waals surface area contributed by atoms with E-state index in [0.717, 1.165) is 11.9 Å². The van der Waals surface area contributed by atoms with Crippen molar-refractivity contribution in [1.29, 1.82) is 0 Å². The summed E-state index contributed by atoms with van der Waals surface area (Å²) in [4.78, 5) is 10.4. The summed E-state index contributed by atoms with van der Waals surface area (Å²) in [5.74, 6) is 0. The molecule has 0 bridgehead atoms. The lowest BCUT2D eigenvalue weighted by molar-refractivity contribution is -0.107. The first-order valence-corrected chi connectivity index (χ1v) is 7.70. The molecule has 0 saturated heterocycles. The van der Waals surface area contributed by atoms with Gasteiger partial charge in [-0.2, -0.15) is 0 Å². The van der Waals surface area contributed by atoms with E-state index in [1.54, 1.807) is 0 Å². The van der Waals surface area contributed by atoms with Gasteiger partial charge in [0, 0.05) is 6.42 Å². The molecule has 0 unspecified atom stereocenters. The van der Waals surface area contributed by atoms with Gasteiger partial charge in [0.25, 0.3) is 0 Å². The molecule has 0 spiro atoms. The second-order valence-electron chi connectivity index (χ2n) is 6.54. The summed E-state index contributed by atoms with van der Waals surface area (Å²) < 4.78 is 0. The highest BCUT2D eigenvalue weighted by Gasteiger charge is 2.26. The molecule has 1 heteroatoms. The fourth-order valence-electron chi connectivity index (χ4n) is 2.62. The lowest BCUT2D eigenvalue weighted by Crippen LogP contribution is -2.18. The van der Waals surface area contributed by atoms with Crippen LogP contribution in [0.5, 0.6) is 0 Å². The van der Waals surface area contributed by atoms with Gasteiger partial charge in [-0.15, -0.1) is 0 Å². The first-order chi connectivity index (χ1) is 9.86. The highest BCUT2D eigenvalue weighted by atomic mass is 16.1. The van der Waals surface area contributed by atoms with Gasteiger partial charge in [0.05, 0.1) is 0 Å². The number of hydrogen-bond acceptors (Lipinski definition) is 1. The maximum Gasteiger partial charge on any atom is 0.124 e. The smallest absolute Gasteiger partial charge is 0.124 e. The minimum absolute atomic E-state index is 0.264. The first-order valence-electron chi connectivity index (χ1n) is 7.70. The van der Waals surface area contributed by atoms with Crippen LogP contribution < -0.4 is 0 Å². The van der Waals surface area contributed by atoms with Crippen LogP contribution >= 0.6 is 0 Å². The van der Waals surface area contributed by atoms with Gasteiger partial charge in [-0.05, 0) is 44.6 Å². The summed E-state index contributed by atoms with van der Waals surface area (Å²) in [5, 5.41) is 0. The van der Waals surface area contributed by atoms with Crippen LogP contribution in [0.3, 0.4) is 0 Å². The average Bonchev–Trinajstić information content (AvgIpc) is 2.37. The van der Waals surface area contributed by atoms with E-state index in [0.29, 0.717) is 6.42 Å². The number of carbonyl (C=O) groups excluding carboxylic acids is 1. The maximum absolute atomic E-state index is 10.4. The Morgan fingerprint density at radius 1 is 1.29 bits per heavy atom. The van der Waals surface area contributed by atoms with E-state index >= 15 is 0 Å². The third-order valence-corrected chi connectivity index (χ3v) is 4.03. The van der Waals surface area contributed by atoms with Crippen LogP contribution in [0.15, 0.2) is 58.7 Å². The molecule has 1 nitrogen and oxygen atoms in total. The Kier molecular flexibility index (Phi) is 6.61. The highest BCUT2D eigenvalue weighted by Crippen LogP contribution is 2.40. The predicted molar refractivity (Wildman–Crippen MR) is 92.2 cm³/mol. The third-order valence-electron chi connectivity index (χ3n) is 4.03. The second-order valence-corrected chi connectivity index (χ2v) is 6.54. The molecule has 0 aliphatic heterocycles. The van der Waals surface area contributed by atoms with E-state index < -0.39 is 0 Å². The maximum atomic E-state index is 10.4. The highest BCUT2D eigenvalue weighted by molar-refractivity contribution is 5.54. The van der Waals surface area contributed by atoms with E-state index in [9.17, 15) is 4.79 Å². The van der Waals surface area contributed by atoms with Crippen molar-refractivity contribution in [3.8, 4) is 0 Å². The standard InChI is InChI=1S/C20H28O/c1-16(8-6-9-17(2)13-15-21)11-12-19-18(3)10-7-14-20(19,4)5/h6,8-12,15H,7,13-14H2,1-5H3. The van der Waals surface area contributed by atoms with Crippen molar-refractivity contribution in [3.63, 3.8) is 0 Å². The molecular weight excluding hydrogens is 256 g/mol. The van der Waals surface area contributed by atoms with Gasteiger partial charge >= 0.3 is 0 Å². The number of carbonyl (C=O) groups is 1. The van der Waals surface area contributed by atoms with E-state index in [1.165, 1.54) is 29.6 Å². The van der Waals surface area contributed by atoms with Crippen LogP contribution in [0.2, 0.25) is 0 Å². The van der Waals surface area contributed by atoms with Gasteiger partial charge in [-0.1, -0.05) is 67.0 Å². The van der Waals surface area contributed by atoms with Crippen molar-refractivity contribution in [2.24, 2.45) is 5.41 Å². The van der Waals surface area contributed by atoms with Gasteiger partial charge in [-0.3, -0.25) is 0 Å². The largest absolute Gasteiger partial charge is 0.303 e. The molecule has 0 aromatic heterocycles. The number of aldehydes is 1. The van der Waals surface area contributed by atoms with E-state index in [1.807, 2.05) is 19.1 Å². The summed E-state index contributed by atoms with van der Waals surface area (Å²) in [6, 6.07) is 0. The zero-order valence-corrected chi connectivity index (χ0v) is 14.1. The second kappa shape index (κ2) is 7.97. The summed E-state index contributed by atoms with van der Waals surface area (Å²) in [6.07, 6.45) is 16.7. The van der Waals surface area contributed by atoms with Crippen LogP contribution in [0.4, 0.5) is 0 Å². The van der Waals surface area contributed by atoms with Gasteiger partial charge in [0.15, 0.2) is 0 Å². The Hall–Kier alpha value is -1.63. The number of rotatable bonds is 5. The molecule has 0 aromatic carbocycles. The van der Waals surface area contributed by atoms with Crippen LogP contribution in [0.1, 0.15) is 53.9 Å². The summed E-state index contributed by atoms with van der Waals surface area (Å²) >= 11 is 0. The molecule has 0 amide bonds. The van der Waals surface area contributed by atoms with E-state index in [2.05, 4.69) is 52.0 Å². The average molecular weight is 284 g/mol. The Balaban J connectivity index is 2.83. The molecule has 0 N–H and O–H groups in total. The first kappa shape index (κ1) is 17.4. The minimum atomic E-state index is 0.264. The van der Waals surface area contributed by atoms with Crippen molar-refractivity contribution in [2.45, 2.75) is 53.9 Å². The molecule has 0 fully saturated rings. The number of allylic oxidation sites excluding steroid dienone is 10. The molecule has 0 atom stereocenters. The third kappa shape index (κ3) is 5.71. The zero-order valence-electron chi connectivity index (χ0n) is 14.1. The topological polar surface area (TPSA) is 17.1 Å². The molecule has 1 rings (SSSR count). The van der Waals surface area contributed by atoms with Crippen LogP contribution in [0, 0.1) is 5.41 Å². The SMILES string of the molecule is CC(C=CC=C(C)CC=O)=CC=C1C(C)=CCCC1(C)C. The monoisotopic (exact) mass is 284 g/mol. The van der Waals surface area contributed by atoms with Gasteiger partial charge < -0.3 is 4.79 Å². The molecule has 0 aromatic rings. The Morgan fingerprint density at radius 2 is 2.00 bits per heavy atom. The molecule has 1 aliphatic carbocycles. The lowest BCUT2D eigenvalue weighted by Gasteiger charge is -2.32. The van der Waals surface area contributed by atoms with E-state index in [4.69, 9.17) is 0 Å². The molecule has 114 valence electrons. The van der Waals surface area contributed by atoms with Gasteiger partial charge in [0.2, 0.25) is 0 Å².